The fraction of sp³-hybridized carbons (Fsp3) is 1.00. The molecular weight excluding hydrogens is 170 g/mol. The third-order valence-corrected chi connectivity index (χ3v) is 4.75. The average molecular weight is 197 g/mol. The lowest BCUT2D eigenvalue weighted by Crippen LogP contribution is -2.49. The highest BCUT2D eigenvalue weighted by atomic mass is 14.9. The first kappa shape index (κ1) is 12.0. The summed E-state index contributed by atoms with van der Waals surface area (Å²) in [5.74, 6) is 0. The van der Waals surface area contributed by atoms with Gasteiger partial charge in [-0.15, -0.1) is 0 Å². The Morgan fingerprint density at radius 1 is 0.786 bits per heavy atom. The lowest BCUT2D eigenvalue weighted by atomic mass is 9.63. The van der Waals surface area contributed by atoms with Gasteiger partial charge in [0.05, 0.1) is 0 Å². The SMILES string of the molecule is CCC1(CC)CNCC(CC)(CC)C1. The Labute approximate surface area is 89.7 Å². The van der Waals surface area contributed by atoms with Crippen LogP contribution in [-0.4, -0.2) is 13.1 Å². The van der Waals surface area contributed by atoms with Crippen LogP contribution in [0.4, 0.5) is 0 Å². The lowest BCUT2D eigenvalue weighted by molar-refractivity contribution is 0.0608. The minimum atomic E-state index is 0.588. The second-order valence-electron chi connectivity index (χ2n) is 5.19. The molecule has 0 radical (unpaired) electrons. The van der Waals surface area contributed by atoms with Crippen molar-refractivity contribution < 1.29 is 0 Å². The van der Waals surface area contributed by atoms with Gasteiger partial charge in [-0.05, 0) is 42.9 Å². The third-order valence-electron chi connectivity index (χ3n) is 4.75. The maximum absolute atomic E-state index is 3.67. The van der Waals surface area contributed by atoms with Gasteiger partial charge >= 0.3 is 0 Å². The summed E-state index contributed by atoms with van der Waals surface area (Å²) >= 11 is 0. The van der Waals surface area contributed by atoms with E-state index in [1.54, 1.807) is 0 Å². The topological polar surface area (TPSA) is 12.0 Å². The summed E-state index contributed by atoms with van der Waals surface area (Å²) in [6.45, 7) is 11.9. The van der Waals surface area contributed by atoms with E-state index in [4.69, 9.17) is 0 Å². The van der Waals surface area contributed by atoms with Crippen molar-refractivity contribution in [3.8, 4) is 0 Å². The Kier molecular flexibility index (Phi) is 4.00. The molecule has 0 aliphatic carbocycles. The maximum Gasteiger partial charge on any atom is 0.000805 e. The van der Waals surface area contributed by atoms with Gasteiger partial charge in [0.1, 0.15) is 0 Å². The Balaban J connectivity index is 2.75. The Hall–Kier alpha value is -0.0400. The largest absolute Gasteiger partial charge is 0.316 e. The number of rotatable bonds is 4. The summed E-state index contributed by atoms with van der Waals surface area (Å²) in [6.07, 6.45) is 6.76. The number of hydrogen-bond donors (Lipinski definition) is 1. The third kappa shape index (κ3) is 2.13. The molecule has 1 heterocycles. The van der Waals surface area contributed by atoms with Crippen LogP contribution in [0.2, 0.25) is 0 Å². The number of nitrogens with one attached hydrogen (secondary N) is 1. The van der Waals surface area contributed by atoms with Crippen molar-refractivity contribution in [3.63, 3.8) is 0 Å². The molecule has 1 rings (SSSR count). The van der Waals surface area contributed by atoms with Crippen LogP contribution in [0, 0.1) is 10.8 Å². The molecule has 1 nitrogen and oxygen atoms in total. The lowest BCUT2D eigenvalue weighted by Gasteiger charge is -2.47. The van der Waals surface area contributed by atoms with E-state index in [1.165, 1.54) is 45.2 Å². The molecule has 0 aromatic carbocycles. The maximum atomic E-state index is 3.67. The van der Waals surface area contributed by atoms with Crippen molar-refractivity contribution in [2.75, 3.05) is 13.1 Å². The van der Waals surface area contributed by atoms with Crippen molar-refractivity contribution >= 4 is 0 Å². The fourth-order valence-corrected chi connectivity index (χ4v) is 3.01. The first-order valence-corrected chi connectivity index (χ1v) is 6.36. The van der Waals surface area contributed by atoms with E-state index in [0.29, 0.717) is 10.8 Å². The van der Waals surface area contributed by atoms with E-state index in [0.717, 1.165) is 0 Å². The molecule has 1 aliphatic heterocycles. The summed E-state index contributed by atoms with van der Waals surface area (Å²) in [4.78, 5) is 0. The molecule has 0 spiro atoms. The minimum Gasteiger partial charge on any atom is -0.316 e. The quantitative estimate of drug-likeness (QED) is 0.726. The summed E-state index contributed by atoms with van der Waals surface area (Å²) < 4.78 is 0. The van der Waals surface area contributed by atoms with E-state index in [9.17, 15) is 0 Å². The predicted molar refractivity (Wildman–Crippen MR) is 63.5 cm³/mol. The molecule has 0 saturated carbocycles. The molecule has 0 aromatic heterocycles. The zero-order valence-corrected chi connectivity index (χ0v) is 10.4. The molecule has 1 N–H and O–H groups in total. The second kappa shape index (κ2) is 4.65. The van der Waals surface area contributed by atoms with Gasteiger partial charge in [-0.3, -0.25) is 0 Å². The van der Waals surface area contributed by atoms with Crippen LogP contribution in [0.15, 0.2) is 0 Å². The molecule has 1 fully saturated rings. The highest BCUT2D eigenvalue weighted by Gasteiger charge is 2.40. The Morgan fingerprint density at radius 2 is 1.14 bits per heavy atom. The van der Waals surface area contributed by atoms with Crippen molar-refractivity contribution in [2.24, 2.45) is 10.8 Å². The Bertz CT molecular complexity index is 148. The van der Waals surface area contributed by atoms with Crippen LogP contribution in [0.3, 0.4) is 0 Å². The predicted octanol–water partition coefficient (Wildman–Crippen LogP) is 3.59. The normalized spacial score (nSPS) is 24.9. The zero-order chi connectivity index (χ0) is 10.7. The van der Waals surface area contributed by atoms with Crippen molar-refractivity contribution in [1.82, 2.24) is 5.32 Å². The molecule has 1 saturated heterocycles. The summed E-state index contributed by atoms with van der Waals surface area (Å²) in [5.41, 5.74) is 1.18. The molecule has 0 aromatic rings. The van der Waals surface area contributed by atoms with E-state index < -0.39 is 0 Å². The number of piperidine rings is 1. The highest BCUT2D eigenvalue weighted by Crippen LogP contribution is 2.45. The zero-order valence-electron chi connectivity index (χ0n) is 10.4. The van der Waals surface area contributed by atoms with Gasteiger partial charge in [-0.2, -0.15) is 0 Å². The van der Waals surface area contributed by atoms with Crippen LogP contribution in [0.5, 0.6) is 0 Å². The average Bonchev–Trinajstić information content (AvgIpc) is 2.29. The second-order valence-corrected chi connectivity index (χ2v) is 5.19. The van der Waals surface area contributed by atoms with Crippen LogP contribution in [0.1, 0.15) is 59.8 Å². The van der Waals surface area contributed by atoms with Gasteiger partial charge in [0.15, 0.2) is 0 Å². The fourth-order valence-electron chi connectivity index (χ4n) is 3.01. The monoisotopic (exact) mass is 197 g/mol. The van der Waals surface area contributed by atoms with Gasteiger partial charge < -0.3 is 5.32 Å². The highest BCUT2D eigenvalue weighted by molar-refractivity contribution is 4.94. The van der Waals surface area contributed by atoms with Crippen LogP contribution < -0.4 is 5.32 Å². The van der Waals surface area contributed by atoms with Crippen molar-refractivity contribution in [3.05, 3.63) is 0 Å². The van der Waals surface area contributed by atoms with Crippen molar-refractivity contribution in [1.29, 1.82) is 0 Å². The van der Waals surface area contributed by atoms with E-state index in [-0.39, 0.29) is 0 Å². The number of hydrogen-bond acceptors (Lipinski definition) is 1. The molecule has 0 atom stereocenters. The molecule has 1 heteroatoms. The summed E-state index contributed by atoms with van der Waals surface area (Å²) in [7, 11) is 0. The minimum absolute atomic E-state index is 0.588. The molecule has 0 amide bonds. The molecule has 14 heavy (non-hydrogen) atoms. The van der Waals surface area contributed by atoms with Crippen molar-refractivity contribution in [2.45, 2.75) is 59.8 Å². The van der Waals surface area contributed by atoms with E-state index >= 15 is 0 Å². The van der Waals surface area contributed by atoms with E-state index in [1.807, 2.05) is 0 Å². The van der Waals surface area contributed by atoms with Crippen LogP contribution in [-0.2, 0) is 0 Å². The van der Waals surface area contributed by atoms with Crippen LogP contribution >= 0.6 is 0 Å². The molecule has 1 aliphatic rings. The molecule has 0 unspecified atom stereocenters. The van der Waals surface area contributed by atoms with Crippen LogP contribution in [0.25, 0.3) is 0 Å². The first-order valence-electron chi connectivity index (χ1n) is 6.36. The van der Waals surface area contributed by atoms with Gasteiger partial charge in [0.2, 0.25) is 0 Å². The Morgan fingerprint density at radius 3 is 1.43 bits per heavy atom. The van der Waals surface area contributed by atoms with Gasteiger partial charge in [-0.25, -0.2) is 0 Å². The van der Waals surface area contributed by atoms with E-state index in [2.05, 4.69) is 33.0 Å². The summed E-state index contributed by atoms with van der Waals surface area (Å²) in [6, 6.07) is 0. The van der Waals surface area contributed by atoms with Gasteiger partial charge in [0, 0.05) is 13.1 Å². The van der Waals surface area contributed by atoms with Gasteiger partial charge in [-0.1, -0.05) is 27.7 Å². The standard InChI is InChI=1S/C13H27N/c1-5-12(6-2)9-13(7-3,8-4)11-14-10-12/h14H,5-11H2,1-4H3. The van der Waals surface area contributed by atoms with Gasteiger partial charge in [0.25, 0.3) is 0 Å². The smallest absolute Gasteiger partial charge is 0.000805 e. The molecular formula is C13H27N. The summed E-state index contributed by atoms with van der Waals surface area (Å²) in [5, 5.41) is 3.67. The molecule has 0 bridgehead atoms. The molecule has 84 valence electrons. The first-order chi connectivity index (χ1) is 6.66.